The number of ether oxygens (including phenoxy) is 3. The first-order valence-electron chi connectivity index (χ1n) is 11.5. The number of benzene rings is 1. The second-order valence-corrected chi connectivity index (χ2v) is 8.45. The standard InChI is InChI=1S/C19H24N4O3.2C2HF3O2/c1-13(2)21-18-5-6-20-19(22-18)15-11-24-8-7-23(15)10-14-3-4-16-17(9-14)26-12-25-16;2*3-2(4,5)1(6)7/h3-6,9,13,15H,7-8,10-12H2,1-2H3,(H,20,21,22);2*(H,6,7). The Morgan fingerprint density at radius 1 is 1.05 bits per heavy atom. The summed E-state index contributed by atoms with van der Waals surface area (Å²) in [7, 11) is 0. The molecule has 40 heavy (non-hydrogen) atoms. The number of rotatable bonds is 5. The zero-order valence-electron chi connectivity index (χ0n) is 21.1. The predicted molar refractivity (Wildman–Crippen MR) is 125 cm³/mol. The van der Waals surface area contributed by atoms with Gasteiger partial charge in [0.15, 0.2) is 11.5 Å². The van der Waals surface area contributed by atoms with Gasteiger partial charge >= 0.3 is 24.3 Å². The van der Waals surface area contributed by atoms with Gasteiger partial charge in [0.05, 0.1) is 19.3 Å². The molecule has 0 spiro atoms. The molecule has 2 aliphatic rings. The molecule has 4 rings (SSSR count). The van der Waals surface area contributed by atoms with E-state index < -0.39 is 24.3 Å². The smallest absolute Gasteiger partial charge is 0.475 e. The molecule has 1 fully saturated rings. The highest BCUT2D eigenvalue weighted by molar-refractivity contribution is 5.73. The molecule has 17 heteroatoms. The molecule has 0 aliphatic carbocycles. The highest BCUT2D eigenvalue weighted by atomic mass is 19.4. The average molecular weight is 584 g/mol. The second-order valence-electron chi connectivity index (χ2n) is 8.45. The Bertz CT molecular complexity index is 1120. The summed E-state index contributed by atoms with van der Waals surface area (Å²) in [5.41, 5.74) is 1.18. The third-order valence-corrected chi connectivity index (χ3v) is 4.96. The normalized spacial score (nSPS) is 16.8. The van der Waals surface area contributed by atoms with E-state index in [2.05, 4.69) is 35.1 Å². The van der Waals surface area contributed by atoms with Crippen LogP contribution >= 0.6 is 0 Å². The van der Waals surface area contributed by atoms with E-state index in [1.807, 2.05) is 18.2 Å². The number of alkyl halides is 6. The molecule has 0 bridgehead atoms. The van der Waals surface area contributed by atoms with Crippen LogP contribution in [0.2, 0.25) is 0 Å². The lowest BCUT2D eigenvalue weighted by Crippen LogP contribution is -2.39. The number of aliphatic carboxylic acids is 2. The molecule has 11 nitrogen and oxygen atoms in total. The van der Waals surface area contributed by atoms with Gasteiger partial charge in [0.25, 0.3) is 0 Å². The van der Waals surface area contributed by atoms with E-state index in [1.165, 1.54) is 5.56 Å². The van der Waals surface area contributed by atoms with Crippen molar-refractivity contribution in [2.75, 3.05) is 31.9 Å². The molecule has 2 aromatic rings. The number of nitrogens with zero attached hydrogens (tertiary/aromatic N) is 3. The monoisotopic (exact) mass is 584 g/mol. The summed E-state index contributed by atoms with van der Waals surface area (Å²) >= 11 is 0. The quantitative estimate of drug-likeness (QED) is 0.441. The van der Waals surface area contributed by atoms with E-state index in [-0.39, 0.29) is 6.04 Å². The summed E-state index contributed by atoms with van der Waals surface area (Å²) in [6, 6.07) is 8.35. The van der Waals surface area contributed by atoms with E-state index in [0.717, 1.165) is 36.2 Å². The molecule has 3 N–H and O–H groups in total. The van der Waals surface area contributed by atoms with Gasteiger partial charge in [0, 0.05) is 25.3 Å². The lowest BCUT2D eigenvalue weighted by atomic mass is 10.1. The molecule has 2 aliphatic heterocycles. The van der Waals surface area contributed by atoms with Gasteiger partial charge < -0.3 is 29.7 Å². The summed E-state index contributed by atoms with van der Waals surface area (Å²) in [5, 5.41) is 17.6. The molecule has 0 amide bonds. The van der Waals surface area contributed by atoms with Gasteiger partial charge in [0.1, 0.15) is 11.6 Å². The van der Waals surface area contributed by atoms with E-state index in [0.29, 0.717) is 26.0 Å². The number of carboxylic acid groups (broad SMARTS) is 2. The number of carboxylic acids is 2. The van der Waals surface area contributed by atoms with Crippen LogP contribution in [-0.4, -0.2) is 82.0 Å². The average Bonchev–Trinajstić information content (AvgIpc) is 3.32. The number of hydrogen-bond acceptors (Lipinski definition) is 9. The van der Waals surface area contributed by atoms with E-state index in [4.69, 9.17) is 39.0 Å². The molecule has 0 radical (unpaired) electrons. The molecule has 1 saturated heterocycles. The Kier molecular flexibility index (Phi) is 11.3. The Labute approximate surface area is 223 Å². The minimum atomic E-state index is -5.08. The predicted octanol–water partition coefficient (Wildman–Crippen LogP) is 3.87. The van der Waals surface area contributed by atoms with Crippen molar-refractivity contribution in [3.8, 4) is 11.5 Å². The minimum absolute atomic E-state index is 0.0306. The zero-order valence-corrected chi connectivity index (χ0v) is 21.1. The molecule has 1 aromatic carbocycles. The number of halogens is 6. The lowest BCUT2D eigenvalue weighted by molar-refractivity contribution is -0.193. The fourth-order valence-electron chi connectivity index (χ4n) is 3.25. The highest BCUT2D eigenvalue weighted by Crippen LogP contribution is 2.34. The van der Waals surface area contributed by atoms with Crippen molar-refractivity contribution in [2.45, 2.75) is 44.8 Å². The molecule has 0 saturated carbocycles. The Morgan fingerprint density at radius 3 is 2.23 bits per heavy atom. The maximum absolute atomic E-state index is 10.6. The number of nitrogens with one attached hydrogen (secondary N) is 1. The lowest BCUT2D eigenvalue weighted by Gasteiger charge is -2.34. The Hall–Kier alpha value is -3.86. The molecule has 1 atom stereocenters. The second kappa shape index (κ2) is 14.0. The summed E-state index contributed by atoms with van der Waals surface area (Å²) < 4.78 is 80.1. The van der Waals surface area contributed by atoms with Crippen LogP contribution in [0.15, 0.2) is 30.5 Å². The Morgan fingerprint density at radius 2 is 1.65 bits per heavy atom. The van der Waals surface area contributed by atoms with Crippen LogP contribution in [0.5, 0.6) is 11.5 Å². The van der Waals surface area contributed by atoms with Crippen LogP contribution in [-0.2, 0) is 20.9 Å². The minimum Gasteiger partial charge on any atom is -0.475 e. The van der Waals surface area contributed by atoms with Gasteiger partial charge in [-0.3, -0.25) is 4.90 Å². The zero-order chi connectivity index (χ0) is 30.1. The number of hydrogen-bond donors (Lipinski definition) is 3. The number of anilines is 1. The fraction of sp³-hybridized carbons (Fsp3) is 0.478. The summed E-state index contributed by atoms with van der Waals surface area (Å²) in [4.78, 5) is 29.3. The molecule has 1 unspecified atom stereocenters. The van der Waals surface area contributed by atoms with Gasteiger partial charge in [-0.05, 0) is 37.6 Å². The third kappa shape index (κ3) is 10.4. The first-order chi connectivity index (χ1) is 18.6. The topological polar surface area (TPSA) is 143 Å². The fourth-order valence-corrected chi connectivity index (χ4v) is 3.25. The number of aromatic nitrogens is 2. The van der Waals surface area contributed by atoms with E-state index in [1.54, 1.807) is 6.20 Å². The van der Waals surface area contributed by atoms with E-state index >= 15 is 0 Å². The van der Waals surface area contributed by atoms with Crippen LogP contribution in [0.3, 0.4) is 0 Å². The molecular formula is C23H26F6N4O7. The van der Waals surface area contributed by atoms with Crippen LogP contribution in [0.25, 0.3) is 0 Å². The van der Waals surface area contributed by atoms with Crippen molar-refractivity contribution in [3.63, 3.8) is 0 Å². The van der Waals surface area contributed by atoms with Crippen LogP contribution in [0.4, 0.5) is 32.2 Å². The van der Waals surface area contributed by atoms with E-state index in [9.17, 15) is 26.3 Å². The summed E-state index contributed by atoms with van der Waals surface area (Å²) in [6.45, 7) is 7.41. The number of fused-ring (bicyclic) bond motifs is 1. The molecule has 222 valence electrons. The summed E-state index contributed by atoms with van der Waals surface area (Å²) in [6.07, 6.45) is -8.36. The van der Waals surface area contributed by atoms with Gasteiger partial charge in [-0.1, -0.05) is 6.07 Å². The maximum atomic E-state index is 10.6. The molecule has 3 heterocycles. The first-order valence-corrected chi connectivity index (χ1v) is 11.5. The molecule has 1 aromatic heterocycles. The third-order valence-electron chi connectivity index (χ3n) is 4.96. The summed E-state index contributed by atoms with van der Waals surface area (Å²) in [5.74, 6) is -2.26. The SMILES string of the molecule is CC(C)Nc1ccnc(C2COCCN2Cc2ccc3c(c2)OCO3)n1.O=C(O)C(F)(F)F.O=C(O)C(F)(F)F. The van der Waals surface area contributed by atoms with Gasteiger partial charge in [-0.2, -0.15) is 26.3 Å². The van der Waals surface area contributed by atoms with Crippen LogP contribution in [0.1, 0.15) is 31.3 Å². The molecular weight excluding hydrogens is 558 g/mol. The number of carbonyl (C=O) groups is 2. The largest absolute Gasteiger partial charge is 0.490 e. The Balaban J connectivity index is 0.000000333. The highest BCUT2D eigenvalue weighted by Gasteiger charge is 2.39. The van der Waals surface area contributed by atoms with Gasteiger partial charge in [0.2, 0.25) is 6.79 Å². The van der Waals surface area contributed by atoms with Crippen molar-refractivity contribution in [1.82, 2.24) is 14.9 Å². The first kappa shape index (κ1) is 32.4. The number of morpholine rings is 1. The maximum Gasteiger partial charge on any atom is 0.490 e. The van der Waals surface area contributed by atoms with Gasteiger partial charge in [-0.25, -0.2) is 19.6 Å². The van der Waals surface area contributed by atoms with Crippen molar-refractivity contribution >= 4 is 17.8 Å². The van der Waals surface area contributed by atoms with Crippen LogP contribution in [0, 0.1) is 0 Å². The van der Waals surface area contributed by atoms with Crippen molar-refractivity contribution in [3.05, 3.63) is 41.9 Å². The van der Waals surface area contributed by atoms with Gasteiger partial charge in [-0.15, -0.1) is 0 Å². The van der Waals surface area contributed by atoms with Crippen molar-refractivity contribution in [2.24, 2.45) is 0 Å². The van der Waals surface area contributed by atoms with Crippen LogP contribution < -0.4 is 14.8 Å². The van der Waals surface area contributed by atoms with Crippen molar-refractivity contribution < 1.29 is 60.4 Å². The van der Waals surface area contributed by atoms with Crippen molar-refractivity contribution in [1.29, 1.82) is 0 Å².